The van der Waals surface area contributed by atoms with E-state index >= 15 is 0 Å². The quantitative estimate of drug-likeness (QED) is 0.825. The van der Waals surface area contributed by atoms with Crippen molar-refractivity contribution in [3.63, 3.8) is 0 Å². The normalized spacial score (nSPS) is 23.1. The summed E-state index contributed by atoms with van der Waals surface area (Å²) in [4.78, 5) is 6.34. The van der Waals surface area contributed by atoms with Gasteiger partial charge < -0.3 is 4.52 Å². The Morgan fingerprint density at radius 2 is 2.11 bits per heavy atom. The molecular formula is C12H21N3O3S. The fourth-order valence-corrected chi connectivity index (χ4v) is 3.89. The van der Waals surface area contributed by atoms with Crippen molar-refractivity contribution in [3.8, 4) is 0 Å². The lowest BCUT2D eigenvalue weighted by Gasteiger charge is -2.20. The zero-order valence-corrected chi connectivity index (χ0v) is 12.7. The van der Waals surface area contributed by atoms with E-state index in [0.29, 0.717) is 24.7 Å². The van der Waals surface area contributed by atoms with Crippen molar-refractivity contribution in [2.45, 2.75) is 45.2 Å². The molecule has 0 unspecified atom stereocenters. The highest BCUT2D eigenvalue weighted by Gasteiger charge is 2.31. The van der Waals surface area contributed by atoms with E-state index in [4.69, 9.17) is 4.52 Å². The third-order valence-corrected chi connectivity index (χ3v) is 5.11. The summed E-state index contributed by atoms with van der Waals surface area (Å²) in [7, 11) is -0.964. The van der Waals surface area contributed by atoms with Gasteiger partial charge in [-0.25, -0.2) is 8.42 Å². The van der Waals surface area contributed by atoms with Gasteiger partial charge in [-0.1, -0.05) is 25.9 Å². The summed E-state index contributed by atoms with van der Waals surface area (Å²) in [6.07, 6.45) is 0.680. The van der Waals surface area contributed by atoms with E-state index in [1.165, 1.54) is 0 Å². The van der Waals surface area contributed by atoms with Crippen LogP contribution < -0.4 is 0 Å². The minimum Gasteiger partial charge on any atom is -0.338 e. The zero-order chi connectivity index (χ0) is 14.3. The van der Waals surface area contributed by atoms with Crippen LogP contribution in [0.3, 0.4) is 0 Å². The molecule has 1 aliphatic heterocycles. The molecule has 1 aromatic heterocycles. The molecule has 1 aliphatic rings. The fraction of sp³-hybridized carbons (Fsp3) is 0.833. The van der Waals surface area contributed by atoms with Crippen molar-refractivity contribution in [1.29, 1.82) is 0 Å². The van der Waals surface area contributed by atoms with E-state index in [-0.39, 0.29) is 23.0 Å². The summed E-state index contributed by atoms with van der Waals surface area (Å²) >= 11 is 0. The van der Waals surface area contributed by atoms with Gasteiger partial charge >= 0.3 is 0 Å². The zero-order valence-electron chi connectivity index (χ0n) is 11.9. The molecule has 6 nitrogen and oxygen atoms in total. The molecule has 1 atom stereocenters. The number of hydrogen-bond donors (Lipinski definition) is 0. The Kier molecular flexibility index (Phi) is 3.70. The van der Waals surface area contributed by atoms with Crippen LogP contribution >= 0.6 is 0 Å². The molecule has 0 spiro atoms. The van der Waals surface area contributed by atoms with E-state index < -0.39 is 9.84 Å². The van der Waals surface area contributed by atoms with Gasteiger partial charge in [0.25, 0.3) is 0 Å². The lowest BCUT2D eigenvalue weighted by molar-refractivity contribution is 0.217. The van der Waals surface area contributed by atoms with E-state index in [9.17, 15) is 8.42 Å². The maximum Gasteiger partial charge on any atom is 0.240 e. The molecule has 0 N–H and O–H groups in total. The van der Waals surface area contributed by atoms with E-state index in [2.05, 4.69) is 10.1 Å². The maximum absolute atomic E-state index is 11.5. The van der Waals surface area contributed by atoms with Crippen LogP contribution in [0.2, 0.25) is 0 Å². The molecular weight excluding hydrogens is 266 g/mol. The van der Waals surface area contributed by atoms with Crippen LogP contribution in [0.5, 0.6) is 0 Å². The first-order valence-corrected chi connectivity index (χ1v) is 8.23. The third kappa shape index (κ3) is 3.54. The van der Waals surface area contributed by atoms with Crippen LogP contribution in [-0.2, 0) is 21.8 Å². The van der Waals surface area contributed by atoms with Crippen LogP contribution in [0.25, 0.3) is 0 Å². The van der Waals surface area contributed by atoms with Gasteiger partial charge in [0, 0.05) is 11.5 Å². The summed E-state index contributed by atoms with van der Waals surface area (Å²) in [5, 5.41) is 3.96. The number of sulfone groups is 1. The van der Waals surface area contributed by atoms with Crippen molar-refractivity contribution in [3.05, 3.63) is 11.7 Å². The van der Waals surface area contributed by atoms with Gasteiger partial charge in [-0.05, 0) is 13.5 Å². The lowest BCUT2D eigenvalue weighted by atomic mass is 9.96. The predicted octanol–water partition coefficient (Wildman–Crippen LogP) is 0.986. The van der Waals surface area contributed by atoms with Crippen LogP contribution in [0, 0.1) is 0 Å². The Balaban J connectivity index is 2.00. The average Bonchev–Trinajstić information content (AvgIpc) is 2.83. The van der Waals surface area contributed by atoms with Crippen molar-refractivity contribution >= 4 is 9.84 Å². The summed E-state index contributed by atoms with van der Waals surface area (Å²) in [6, 6.07) is 0.0509. The molecule has 0 radical (unpaired) electrons. The van der Waals surface area contributed by atoms with Gasteiger partial charge in [-0.2, -0.15) is 4.98 Å². The SMILES string of the molecule is CN(Cc1nc(C(C)(C)C)no1)[C@@H]1CCS(=O)(=O)C1. The summed E-state index contributed by atoms with van der Waals surface area (Å²) in [5.41, 5.74) is -0.142. The van der Waals surface area contributed by atoms with Gasteiger partial charge in [-0.15, -0.1) is 0 Å². The summed E-state index contributed by atoms with van der Waals surface area (Å²) in [6.45, 7) is 6.56. The molecule has 0 amide bonds. The van der Waals surface area contributed by atoms with Crippen molar-refractivity contribution in [1.82, 2.24) is 15.0 Å². The third-order valence-electron chi connectivity index (χ3n) is 3.36. The molecule has 1 saturated heterocycles. The van der Waals surface area contributed by atoms with Crippen molar-refractivity contribution in [2.75, 3.05) is 18.6 Å². The summed E-state index contributed by atoms with van der Waals surface area (Å²) < 4.78 is 28.1. The average molecular weight is 287 g/mol. The highest BCUT2D eigenvalue weighted by atomic mass is 32.2. The van der Waals surface area contributed by atoms with Gasteiger partial charge in [0.15, 0.2) is 15.7 Å². The Hall–Kier alpha value is -0.950. The first-order chi connectivity index (χ1) is 8.67. The van der Waals surface area contributed by atoms with Crippen LogP contribution in [0.15, 0.2) is 4.52 Å². The minimum absolute atomic E-state index is 0.0509. The molecule has 1 aromatic rings. The molecule has 0 bridgehead atoms. The number of aromatic nitrogens is 2. The standard InChI is InChI=1S/C12H21N3O3S/c1-12(2,3)11-13-10(18-14-11)7-15(4)9-5-6-19(16,17)8-9/h9H,5-8H2,1-4H3/t9-/m1/s1. The summed E-state index contributed by atoms with van der Waals surface area (Å²) in [5.74, 6) is 1.72. The molecule has 2 rings (SSSR count). The first kappa shape index (κ1) is 14.5. The van der Waals surface area contributed by atoms with Crippen LogP contribution in [0.1, 0.15) is 38.9 Å². The number of nitrogens with zero attached hydrogens (tertiary/aromatic N) is 3. The highest BCUT2D eigenvalue weighted by Crippen LogP contribution is 2.21. The van der Waals surface area contributed by atoms with Crippen molar-refractivity contribution in [2.24, 2.45) is 0 Å². The fourth-order valence-electron chi connectivity index (χ4n) is 2.09. The molecule has 2 heterocycles. The van der Waals surface area contributed by atoms with Crippen molar-refractivity contribution < 1.29 is 12.9 Å². The smallest absolute Gasteiger partial charge is 0.240 e. The highest BCUT2D eigenvalue weighted by molar-refractivity contribution is 7.91. The number of rotatable bonds is 3. The molecule has 19 heavy (non-hydrogen) atoms. The Morgan fingerprint density at radius 3 is 2.58 bits per heavy atom. The topological polar surface area (TPSA) is 76.3 Å². The largest absolute Gasteiger partial charge is 0.338 e. The Morgan fingerprint density at radius 1 is 1.42 bits per heavy atom. The van der Waals surface area contributed by atoms with Gasteiger partial charge in [-0.3, -0.25) is 4.90 Å². The van der Waals surface area contributed by atoms with Gasteiger partial charge in [0.1, 0.15) is 0 Å². The molecule has 1 fully saturated rings. The van der Waals surface area contributed by atoms with Gasteiger partial charge in [0.05, 0.1) is 18.1 Å². The van der Waals surface area contributed by atoms with Crippen LogP contribution in [-0.4, -0.2) is 48.1 Å². The first-order valence-electron chi connectivity index (χ1n) is 6.41. The van der Waals surface area contributed by atoms with E-state index in [1.807, 2.05) is 32.7 Å². The Labute approximate surface area is 114 Å². The minimum atomic E-state index is -2.86. The second kappa shape index (κ2) is 4.86. The number of hydrogen-bond acceptors (Lipinski definition) is 6. The Bertz CT molecular complexity index is 545. The second-order valence-corrected chi connectivity index (χ2v) is 8.46. The predicted molar refractivity (Wildman–Crippen MR) is 71.5 cm³/mol. The maximum atomic E-state index is 11.5. The second-order valence-electron chi connectivity index (χ2n) is 6.23. The van der Waals surface area contributed by atoms with Crippen LogP contribution in [0.4, 0.5) is 0 Å². The van der Waals surface area contributed by atoms with E-state index in [0.717, 1.165) is 0 Å². The molecule has 108 valence electrons. The lowest BCUT2D eigenvalue weighted by Crippen LogP contribution is -2.32. The molecule has 0 saturated carbocycles. The molecule has 0 aromatic carbocycles. The van der Waals surface area contributed by atoms with Gasteiger partial charge in [0.2, 0.25) is 5.89 Å². The molecule has 0 aliphatic carbocycles. The monoisotopic (exact) mass is 287 g/mol. The van der Waals surface area contributed by atoms with E-state index in [1.54, 1.807) is 0 Å². The molecule has 7 heteroatoms.